The number of hydrogen-bond donors (Lipinski definition) is 1. The molecule has 0 bridgehead atoms. The number of benzene rings is 1. The molecular weight excluding hydrogens is 414 g/mol. The van der Waals surface area contributed by atoms with Crippen LogP contribution in [0.1, 0.15) is 19.4 Å². The van der Waals surface area contributed by atoms with Crippen LogP contribution < -0.4 is 4.74 Å². The summed E-state index contributed by atoms with van der Waals surface area (Å²) in [5.41, 5.74) is 0.560. The van der Waals surface area contributed by atoms with Crippen molar-refractivity contribution in [2.24, 2.45) is 0 Å². The fourth-order valence-electron chi connectivity index (χ4n) is 2.18. The lowest BCUT2D eigenvalue weighted by molar-refractivity contribution is -0.148. The predicted octanol–water partition coefficient (Wildman–Crippen LogP) is 3.15. The smallest absolute Gasteiger partial charge is 0.328 e. The number of carbonyl (C=O) groups excluding carboxylic acids is 3. The van der Waals surface area contributed by atoms with Gasteiger partial charge in [0.2, 0.25) is 0 Å². The van der Waals surface area contributed by atoms with Gasteiger partial charge in [0.25, 0.3) is 11.1 Å². The maximum absolute atomic E-state index is 12.5. The van der Waals surface area contributed by atoms with Gasteiger partial charge in [0.05, 0.1) is 23.1 Å². The number of amides is 2. The number of halogens is 1. The number of nitrogens with zero attached hydrogens (tertiary/aromatic N) is 1. The van der Waals surface area contributed by atoms with Crippen molar-refractivity contribution in [2.75, 3.05) is 13.7 Å². The van der Waals surface area contributed by atoms with E-state index in [-0.39, 0.29) is 16.4 Å². The Kier molecular flexibility index (Phi) is 6.12. The molecule has 1 saturated heterocycles. The van der Waals surface area contributed by atoms with Gasteiger partial charge in [-0.1, -0.05) is 0 Å². The summed E-state index contributed by atoms with van der Waals surface area (Å²) in [5, 5.41) is 9.39. The summed E-state index contributed by atoms with van der Waals surface area (Å²) in [4.78, 5) is 37.2. The summed E-state index contributed by atoms with van der Waals surface area (Å²) in [6, 6.07) is 2.14. The quantitative estimate of drug-likeness (QED) is 0.567. The molecule has 1 aliphatic rings. The minimum Gasteiger partial charge on any atom is -0.503 e. The maximum atomic E-state index is 12.5. The molecule has 2 rings (SSSR count). The Balaban J connectivity index is 2.35. The van der Waals surface area contributed by atoms with Gasteiger partial charge in [0.1, 0.15) is 6.04 Å². The lowest BCUT2D eigenvalue weighted by atomic mass is 10.1. The molecule has 25 heavy (non-hydrogen) atoms. The number of carbonyl (C=O) groups is 3. The van der Waals surface area contributed by atoms with Gasteiger partial charge in [0, 0.05) is 0 Å². The van der Waals surface area contributed by atoms with Crippen LogP contribution in [0.2, 0.25) is 0 Å². The van der Waals surface area contributed by atoms with Crippen molar-refractivity contribution in [1.82, 2.24) is 4.90 Å². The summed E-state index contributed by atoms with van der Waals surface area (Å²) in [7, 11) is 1.19. The van der Waals surface area contributed by atoms with Crippen molar-refractivity contribution < 1.29 is 29.0 Å². The molecule has 7 nitrogen and oxygen atoms in total. The molecule has 0 radical (unpaired) electrons. The van der Waals surface area contributed by atoms with Crippen molar-refractivity contribution in [1.29, 1.82) is 0 Å². The highest BCUT2D eigenvalue weighted by atomic mass is 79.9. The van der Waals surface area contributed by atoms with Gasteiger partial charge >= 0.3 is 5.97 Å². The number of imide groups is 1. The van der Waals surface area contributed by atoms with Crippen LogP contribution in [0, 0.1) is 0 Å². The fraction of sp³-hybridized carbons (Fsp3) is 0.312. The Morgan fingerprint density at radius 3 is 2.72 bits per heavy atom. The number of thioether (sulfide) groups is 1. The first-order chi connectivity index (χ1) is 11.8. The average molecular weight is 430 g/mol. The van der Waals surface area contributed by atoms with Crippen LogP contribution in [-0.4, -0.2) is 46.9 Å². The van der Waals surface area contributed by atoms with E-state index in [1.165, 1.54) is 20.1 Å². The van der Waals surface area contributed by atoms with E-state index in [1.54, 1.807) is 19.1 Å². The first kappa shape index (κ1) is 19.3. The number of methoxy groups -OCH3 is 1. The third kappa shape index (κ3) is 3.98. The van der Waals surface area contributed by atoms with Crippen LogP contribution >= 0.6 is 27.7 Å². The van der Waals surface area contributed by atoms with E-state index in [0.717, 1.165) is 16.7 Å². The first-order valence-corrected chi connectivity index (χ1v) is 8.91. The van der Waals surface area contributed by atoms with Crippen LogP contribution in [0.5, 0.6) is 11.5 Å². The third-order valence-electron chi connectivity index (χ3n) is 3.40. The SMILES string of the molecule is CCOc1cc(C=C2SC(=O)N(C(C)C(=O)OC)C2=O)cc(Br)c1O. The van der Waals surface area contributed by atoms with Crippen molar-refractivity contribution >= 4 is 50.9 Å². The number of rotatable bonds is 5. The molecule has 1 unspecified atom stereocenters. The summed E-state index contributed by atoms with van der Waals surface area (Å²) in [5.74, 6) is -1.04. The minimum atomic E-state index is -1.01. The molecule has 2 amide bonds. The zero-order chi connectivity index (χ0) is 18.7. The van der Waals surface area contributed by atoms with E-state index >= 15 is 0 Å². The zero-order valence-corrected chi connectivity index (χ0v) is 16.1. The van der Waals surface area contributed by atoms with E-state index < -0.39 is 23.2 Å². The Labute approximate surface area is 157 Å². The van der Waals surface area contributed by atoms with Crippen molar-refractivity contribution in [3.05, 3.63) is 27.1 Å². The molecule has 1 fully saturated rings. The molecule has 134 valence electrons. The van der Waals surface area contributed by atoms with Crippen LogP contribution in [0.3, 0.4) is 0 Å². The monoisotopic (exact) mass is 429 g/mol. The predicted molar refractivity (Wildman–Crippen MR) is 96.3 cm³/mol. The number of esters is 1. The number of phenols is 1. The highest BCUT2D eigenvalue weighted by molar-refractivity contribution is 9.10. The maximum Gasteiger partial charge on any atom is 0.328 e. The van der Waals surface area contributed by atoms with Gasteiger partial charge in [-0.25, -0.2) is 4.79 Å². The lowest BCUT2D eigenvalue weighted by Crippen LogP contribution is -2.42. The Hall–Kier alpha value is -2.00. The Morgan fingerprint density at radius 1 is 1.44 bits per heavy atom. The third-order valence-corrected chi connectivity index (χ3v) is 4.89. The lowest BCUT2D eigenvalue weighted by Gasteiger charge is -2.18. The zero-order valence-electron chi connectivity index (χ0n) is 13.7. The van der Waals surface area contributed by atoms with Gasteiger partial charge in [-0.3, -0.25) is 14.5 Å². The van der Waals surface area contributed by atoms with Crippen molar-refractivity contribution in [2.45, 2.75) is 19.9 Å². The van der Waals surface area contributed by atoms with E-state index in [0.29, 0.717) is 16.6 Å². The summed E-state index contributed by atoms with van der Waals surface area (Å²) >= 11 is 3.95. The van der Waals surface area contributed by atoms with Crippen LogP contribution in [0.25, 0.3) is 6.08 Å². The molecule has 1 aromatic rings. The number of phenolic OH excluding ortho intramolecular Hbond substituents is 1. The number of hydrogen-bond acceptors (Lipinski definition) is 7. The topological polar surface area (TPSA) is 93.1 Å². The second-order valence-corrected chi connectivity index (χ2v) is 6.88. The normalized spacial score (nSPS) is 17.1. The summed E-state index contributed by atoms with van der Waals surface area (Å²) < 4.78 is 10.3. The molecule has 0 spiro atoms. The second-order valence-electron chi connectivity index (χ2n) is 5.03. The van der Waals surface area contributed by atoms with Crippen LogP contribution in [0.15, 0.2) is 21.5 Å². The Morgan fingerprint density at radius 2 is 2.12 bits per heavy atom. The molecule has 0 saturated carbocycles. The van der Waals surface area contributed by atoms with Gasteiger partial charge in [-0.15, -0.1) is 0 Å². The summed E-state index contributed by atoms with van der Waals surface area (Å²) in [6.45, 7) is 3.56. The molecule has 1 aromatic carbocycles. The molecule has 0 aromatic heterocycles. The van der Waals surface area contributed by atoms with Gasteiger partial charge in [0.15, 0.2) is 11.5 Å². The standard InChI is InChI=1S/C16H16BrNO6S/c1-4-24-11-6-9(5-10(17)13(11)19)7-12-14(20)18(16(22)25-12)8(2)15(21)23-3/h5-8,19H,4H2,1-3H3. The van der Waals surface area contributed by atoms with Crippen LogP contribution in [-0.2, 0) is 14.3 Å². The van der Waals surface area contributed by atoms with Gasteiger partial charge < -0.3 is 14.6 Å². The molecule has 1 heterocycles. The van der Waals surface area contributed by atoms with Gasteiger partial charge in [-0.2, -0.15) is 0 Å². The van der Waals surface area contributed by atoms with E-state index in [2.05, 4.69) is 20.7 Å². The van der Waals surface area contributed by atoms with E-state index in [1.807, 2.05) is 0 Å². The molecule has 0 aliphatic carbocycles. The Bertz CT molecular complexity index is 763. The molecule has 1 atom stereocenters. The van der Waals surface area contributed by atoms with Crippen LogP contribution in [0.4, 0.5) is 4.79 Å². The largest absolute Gasteiger partial charge is 0.503 e. The summed E-state index contributed by atoms with van der Waals surface area (Å²) in [6.07, 6.45) is 1.50. The second kappa shape index (κ2) is 7.92. The molecule has 1 N–H and O–H groups in total. The number of aromatic hydroxyl groups is 1. The van der Waals surface area contributed by atoms with E-state index in [4.69, 9.17) is 4.74 Å². The highest BCUT2D eigenvalue weighted by Crippen LogP contribution is 2.38. The number of ether oxygens (including phenoxy) is 2. The van der Waals surface area contributed by atoms with Crippen molar-refractivity contribution in [3.63, 3.8) is 0 Å². The molecule has 1 aliphatic heterocycles. The first-order valence-electron chi connectivity index (χ1n) is 7.30. The molecular formula is C16H16BrNO6S. The minimum absolute atomic E-state index is 0.0496. The highest BCUT2D eigenvalue weighted by Gasteiger charge is 2.41. The van der Waals surface area contributed by atoms with E-state index in [9.17, 15) is 19.5 Å². The average Bonchev–Trinajstić information content (AvgIpc) is 2.84. The fourth-order valence-corrected chi connectivity index (χ4v) is 3.55. The molecule has 9 heteroatoms. The van der Waals surface area contributed by atoms with Gasteiger partial charge in [-0.05, 0) is 65.3 Å². The van der Waals surface area contributed by atoms with Crippen molar-refractivity contribution in [3.8, 4) is 11.5 Å².